The van der Waals surface area contributed by atoms with E-state index in [0.717, 1.165) is 13.1 Å². The van der Waals surface area contributed by atoms with Crippen LogP contribution in [0.3, 0.4) is 0 Å². The Hall–Kier alpha value is -0.460. The minimum absolute atomic E-state index is 0.260. The van der Waals surface area contributed by atoms with Gasteiger partial charge in [-0.05, 0) is 0 Å². The number of nitrogens with zero attached hydrogens (tertiary/aromatic N) is 1. The van der Waals surface area contributed by atoms with Crippen LogP contribution in [0.5, 0.6) is 0 Å². The number of hydrogen-bond acceptors (Lipinski definition) is 4. The highest BCUT2D eigenvalue weighted by atomic mass is 32.2. The maximum atomic E-state index is 12.4. The topological polar surface area (TPSA) is 49.4 Å². The van der Waals surface area contributed by atoms with Crippen molar-refractivity contribution in [3.8, 4) is 0 Å². The Labute approximate surface area is 77.3 Å². The minimum Gasteiger partial charge on any atom is -0.314 e. The molecule has 1 saturated heterocycles. The zero-order chi connectivity index (χ0) is 9.90. The van der Waals surface area contributed by atoms with Crippen LogP contribution in [0.25, 0.3) is 0 Å². The molecule has 4 nitrogen and oxygen atoms in total. The first-order chi connectivity index (χ1) is 6.02. The monoisotopic (exact) mass is 208 g/mol. The lowest BCUT2D eigenvalue weighted by molar-refractivity contribution is 0.274. The van der Waals surface area contributed by atoms with Crippen molar-refractivity contribution >= 4 is 9.84 Å². The zero-order valence-corrected chi connectivity index (χ0v) is 8.11. The molecule has 76 valence electrons. The molecule has 0 unspecified atom stereocenters. The van der Waals surface area contributed by atoms with Crippen LogP contribution in [-0.4, -0.2) is 45.4 Å². The summed E-state index contributed by atoms with van der Waals surface area (Å²) in [7, 11) is -3.76. The van der Waals surface area contributed by atoms with Crippen molar-refractivity contribution in [1.82, 2.24) is 10.2 Å². The van der Waals surface area contributed by atoms with E-state index in [2.05, 4.69) is 11.9 Å². The fraction of sp³-hybridized carbons (Fsp3) is 0.714. The lowest BCUT2D eigenvalue weighted by atomic mass is 10.4. The summed E-state index contributed by atoms with van der Waals surface area (Å²) >= 11 is 0. The predicted octanol–water partition coefficient (Wildman–Crippen LogP) is -0.295. The van der Waals surface area contributed by atoms with E-state index >= 15 is 0 Å². The molecule has 1 fully saturated rings. The molecule has 0 aromatic carbocycles. The van der Waals surface area contributed by atoms with Gasteiger partial charge in [0.25, 0.3) is 0 Å². The Morgan fingerprint density at radius 1 is 1.46 bits per heavy atom. The van der Waals surface area contributed by atoms with E-state index in [1.165, 1.54) is 0 Å². The molecule has 1 aliphatic rings. The van der Waals surface area contributed by atoms with Crippen molar-refractivity contribution in [2.24, 2.45) is 0 Å². The number of piperazine rings is 1. The molecule has 0 radical (unpaired) electrons. The summed E-state index contributed by atoms with van der Waals surface area (Å²) in [6.07, 6.45) is 0. The highest BCUT2D eigenvalue weighted by molar-refractivity contribution is 7.94. The second-order valence-electron chi connectivity index (χ2n) is 2.97. The maximum Gasteiger partial charge on any atom is 0.217 e. The fourth-order valence-corrected chi connectivity index (χ4v) is 2.03. The summed E-state index contributed by atoms with van der Waals surface area (Å²) in [6, 6.07) is 0. The van der Waals surface area contributed by atoms with E-state index in [0.29, 0.717) is 13.1 Å². The van der Waals surface area contributed by atoms with Gasteiger partial charge in [-0.3, -0.25) is 4.90 Å². The summed E-state index contributed by atoms with van der Waals surface area (Å²) in [6.45, 7) is 5.55. The van der Waals surface area contributed by atoms with E-state index in [1.54, 1.807) is 4.90 Å². The molecule has 1 rings (SSSR count). The summed E-state index contributed by atoms with van der Waals surface area (Å²) in [5.74, 6) is -0.260. The molecule has 0 aromatic rings. The molecule has 0 amide bonds. The van der Waals surface area contributed by atoms with Gasteiger partial charge in [0.05, 0.1) is 0 Å². The van der Waals surface area contributed by atoms with E-state index in [1.807, 2.05) is 0 Å². The normalized spacial score (nSPS) is 20.1. The van der Waals surface area contributed by atoms with Gasteiger partial charge in [0.1, 0.15) is 5.88 Å². The van der Waals surface area contributed by atoms with Gasteiger partial charge in [-0.25, -0.2) is 8.42 Å². The van der Waals surface area contributed by atoms with Crippen molar-refractivity contribution in [3.63, 3.8) is 0 Å². The van der Waals surface area contributed by atoms with Gasteiger partial charge in [-0.15, -0.1) is 0 Å². The molecule has 0 bridgehead atoms. The Morgan fingerprint density at radius 2 is 2.00 bits per heavy atom. The Bertz CT molecular complexity index is 283. The molecular formula is C7H13FN2O2S. The van der Waals surface area contributed by atoms with Crippen LogP contribution in [0.4, 0.5) is 4.39 Å². The largest absolute Gasteiger partial charge is 0.314 e. The SMILES string of the molecule is C=C(F)S(=O)(=O)CN1CCNCC1. The smallest absolute Gasteiger partial charge is 0.217 e. The fourth-order valence-electron chi connectivity index (χ4n) is 1.15. The average molecular weight is 208 g/mol. The lowest BCUT2D eigenvalue weighted by Gasteiger charge is -2.26. The van der Waals surface area contributed by atoms with Crippen LogP contribution in [-0.2, 0) is 9.84 Å². The van der Waals surface area contributed by atoms with Crippen molar-refractivity contribution < 1.29 is 12.8 Å². The molecular weight excluding hydrogens is 195 g/mol. The molecule has 13 heavy (non-hydrogen) atoms. The van der Waals surface area contributed by atoms with E-state index < -0.39 is 15.0 Å². The first kappa shape index (κ1) is 10.6. The predicted molar refractivity (Wildman–Crippen MR) is 48.5 cm³/mol. The Balaban J connectivity index is 2.52. The number of sulfone groups is 1. The zero-order valence-electron chi connectivity index (χ0n) is 7.29. The van der Waals surface area contributed by atoms with Gasteiger partial charge in [0.15, 0.2) is 0 Å². The summed E-state index contributed by atoms with van der Waals surface area (Å²) < 4.78 is 34.5. The third-order valence-electron chi connectivity index (χ3n) is 1.90. The molecule has 6 heteroatoms. The standard InChI is InChI=1S/C7H13FN2O2S/c1-7(8)13(11,12)6-10-4-2-9-3-5-10/h9H,1-6H2. The summed E-state index contributed by atoms with van der Waals surface area (Å²) in [5.41, 5.74) is 0. The minimum atomic E-state index is -3.76. The molecule has 0 spiro atoms. The third-order valence-corrected chi connectivity index (χ3v) is 3.28. The third kappa shape index (κ3) is 3.06. The van der Waals surface area contributed by atoms with Gasteiger partial charge in [0, 0.05) is 26.2 Å². The van der Waals surface area contributed by atoms with Crippen molar-refractivity contribution in [2.75, 3.05) is 32.1 Å². The lowest BCUT2D eigenvalue weighted by Crippen LogP contribution is -2.45. The van der Waals surface area contributed by atoms with Crippen molar-refractivity contribution in [3.05, 3.63) is 11.7 Å². The van der Waals surface area contributed by atoms with Crippen LogP contribution in [0.2, 0.25) is 0 Å². The molecule has 1 heterocycles. The second kappa shape index (κ2) is 4.17. The summed E-state index contributed by atoms with van der Waals surface area (Å²) in [5, 5.41) is 1.83. The number of halogens is 1. The molecule has 1 aliphatic heterocycles. The van der Waals surface area contributed by atoms with Crippen LogP contribution in [0, 0.1) is 0 Å². The Morgan fingerprint density at radius 3 is 2.46 bits per heavy atom. The van der Waals surface area contributed by atoms with E-state index in [9.17, 15) is 12.8 Å². The second-order valence-corrected chi connectivity index (χ2v) is 4.90. The molecule has 0 aliphatic carbocycles. The highest BCUT2D eigenvalue weighted by Crippen LogP contribution is 2.08. The van der Waals surface area contributed by atoms with Crippen LogP contribution in [0.1, 0.15) is 0 Å². The van der Waals surface area contributed by atoms with Gasteiger partial charge >= 0.3 is 0 Å². The van der Waals surface area contributed by atoms with Gasteiger partial charge in [-0.2, -0.15) is 4.39 Å². The van der Waals surface area contributed by atoms with Gasteiger partial charge in [-0.1, -0.05) is 6.58 Å². The van der Waals surface area contributed by atoms with Crippen molar-refractivity contribution in [1.29, 1.82) is 0 Å². The van der Waals surface area contributed by atoms with Crippen molar-refractivity contribution in [2.45, 2.75) is 0 Å². The van der Waals surface area contributed by atoms with Gasteiger partial charge < -0.3 is 5.32 Å². The number of rotatable bonds is 3. The quantitative estimate of drug-likeness (QED) is 0.692. The maximum absolute atomic E-state index is 12.4. The van der Waals surface area contributed by atoms with E-state index in [4.69, 9.17) is 0 Å². The molecule has 0 saturated carbocycles. The highest BCUT2D eigenvalue weighted by Gasteiger charge is 2.21. The van der Waals surface area contributed by atoms with Crippen LogP contribution < -0.4 is 5.32 Å². The molecule has 1 N–H and O–H groups in total. The van der Waals surface area contributed by atoms with E-state index in [-0.39, 0.29) is 5.88 Å². The average Bonchev–Trinajstić information content (AvgIpc) is 2.05. The van der Waals surface area contributed by atoms with Gasteiger partial charge in [0.2, 0.25) is 15.0 Å². The van der Waals surface area contributed by atoms with Crippen LogP contribution >= 0.6 is 0 Å². The first-order valence-corrected chi connectivity index (χ1v) is 5.68. The molecule has 0 atom stereocenters. The van der Waals surface area contributed by atoms with Crippen LogP contribution in [0.15, 0.2) is 11.7 Å². The number of hydrogen-bond donors (Lipinski definition) is 1. The molecule has 0 aromatic heterocycles. The first-order valence-electron chi connectivity index (χ1n) is 4.02. The Kier molecular flexibility index (Phi) is 3.40. The summed E-state index contributed by atoms with van der Waals surface area (Å²) in [4.78, 5) is 1.69. The number of nitrogens with one attached hydrogen (secondary N) is 1.